The van der Waals surface area contributed by atoms with Crippen molar-refractivity contribution < 1.29 is 4.79 Å². The van der Waals surface area contributed by atoms with Gasteiger partial charge < -0.3 is 11.1 Å². The summed E-state index contributed by atoms with van der Waals surface area (Å²) in [6, 6.07) is 1.98. The van der Waals surface area contributed by atoms with Gasteiger partial charge in [0.1, 0.15) is 12.1 Å². The number of nitrogens with one attached hydrogen (secondary N) is 1. The number of nitrogens with two attached hydrogens (primary N) is 1. The van der Waals surface area contributed by atoms with Gasteiger partial charge in [0.2, 0.25) is 5.91 Å². The lowest BCUT2D eigenvalue weighted by Crippen LogP contribution is -2.39. The molecular weight excluding hydrogens is 312 g/mol. The molecule has 1 aliphatic rings. The first kappa shape index (κ1) is 15.8. The number of carbonyl (C=O) groups excluding carboxylic acids is 1. The summed E-state index contributed by atoms with van der Waals surface area (Å²) in [6.45, 7) is 2.20. The first-order valence-electron chi connectivity index (χ1n) is 7.67. The van der Waals surface area contributed by atoms with Crippen LogP contribution in [-0.2, 0) is 11.2 Å². The van der Waals surface area contributed by atoms with Crippen LogP contribution in [0.4, 0.5) is 10.9 Å². The Morgan fingerprint density at radius 3 is 2.87 bits per heavy atom. The van der Waals surface area contributed by atoms with E-state index in [0.717, 1.165) is 49.0 Å². The van der Waals surface area contributed by atoms with Crippen LogP contribution in [0.15, 0.2) is 24.0 Å². The maximum absolute atomic E-state index is 11.0. The lowest BCUT2D eigenvalue weighted by atomic mass is 9.92. The second-order valence-electron chi connectivity index (χ2n) is 5.75. The van der Waals surface area contributed by atoms with E-state index in [4.69, 9.17) is 5.73 Å². The fraction of sp³-hybridized carbons (Fsp3) is 0.467. The van der Waals surface area contributed by atoms with E-state index >= 15 is 0 Å². The molecule has 23 heavy (non-hydrogen) atoms. The number of likely N-dealkylation sites (tertiary alicyclic amines) is 1. The minimum Gasteiger partial charge on any atom is -0.369 e. The molecular formula is C15H20N6OS. The molecule has 0 saturated carbocycles. The SMILES string of the molecule is NC(=O)CN1CCC(Cc2cc(Nc3nccs3)ncn2)CC1. The molecule has 0 aromatic carbocycles. The lowest BCUT2D eigenvalue weighted by Gasteiger charge is -2.30. The van der Waals surface area contributed by atoms with Gasteiger partial charge in [-0.15, -0.1) is 11.3 Å². The number of thiazole rings is 1. The molecule has 3 rings (SSSR count). The molecule has 3 heterocycles. The molecule has 122 valence electrons. The summed E-state index contributed by atoms with van der Waals surface area (Å²) in [7, 11) is 0. The molecule has 2 aromatic rings. The van der Waals surface area contributed by atoms with Crippen molar-refractivity contribution in [1.82, 2.24) is 19.9 Å². The van der Waals surface area contributed by atoms with Crippen LogP contribution in [0.1, 0.15) is 18.5 Å². The number of rotatable bonds is 6. The van der Waals surface area contributed by atoms with Crippen molar-refractivity contribution in [3.8, 4) is 0 Å². The Hall–Kier alpha value is -2.06. The molecule has 7 nitrogen and oxygen atoms in total. The Balaban J connectivity index is 1.53. The van der Waals surface area contributed by atoms with Crippen LogP contribution in [-0.4, -0.2) is 45.4 Å². The van der Waals surface area contributed by atoms with Crippen molar-refractivity contribution in [3.63, 3.8) is 0 Å². The van der Waals surface area contributed by atoms with Crippen LogP contribution in [0.5, 0.6) is 0 Å². The van der Waals surface area contributed by atoms with Crippen LogP contribution in [0.3, 0.4) is 0 Å². The van der Waals surface area contributed by atoms with Crippen molar-refractivity contribution >= 4 is 28.2 Å². The number of piperidine rings is 1. The number of carbonyl (C=O) groups is 1. The number of nitrogens with zero attached hydrogens (tertiary/aromatic N) is 4. The van der Waals surface area contributed by atoms with Crippen molar-refractivity contribution in [2.45, 2.75) is 19.3 Å². The Morgan fingerprint density at radius 2 is 2.17 bits per heavy atom. The highest BCUT2D eigenvalue weighted by Crippen LogP contribution is 2.22. The van der Waals surface area contributed by atoms with Gasteiger partial charge in [0.05, 0.1) is 6.54 Å². The van der Waals surface area contributed by atoms with Crippen LogP contribution >= 0.6 is 11.3 Å². The third-order valence-corrected chi connectivity index (χ3v) is 4.66. The van der Waals surface area contributed by atoms with Gasteiger partial charge >= 0.3 is 0 Å². The number of hydrogen-bond donors (Lipinski definition) is 2. The average molecular weight is 332 g/mol. The Labute approximate surface area is 139 Å². The molecule has 2 aromatic heterocycles. The van der Waals surface area contributed by atoms with Crippen LogP contribution in [0, 0.1) is 5.92 Å². The van der Waals surface area contributed by atoms with Crippen LogP contribution < -0.4 is 11.1 Å². The summed E-state index contributed by atoms with van der Waals surface area (Å²) < 4.78 is 0. The minimum atomic E-state index is -0.253. The predicted octanol–water partition coefficient (Wildman–Crippen LogP) is 1.42. The molecule has 3 N–H and O–H groups in total. The highest BCUT2D eigenvalue weighted by molar-refractivity contribution is 7.13. The molecule has 0 radical (unpaired) electrons. The molecule has 0 aliphatic carbocycles. The van der Waals surface area contributed by atoms with E-state index in [9.17, 15) is 4.79 Å². The number of anilines is 2. The number of aromatic nitrogens is 3. The molecule has 1 amide bonds. The zero-order chi connectivity index (χ0) is 16.1. The fourth-order valence-electron chi connectivity index (χ4n) is 2.84. The third kappa shape index (κ3) is 4.70. The normalized spacial score (nSPS) is 16.3. The van der Waals surface area contributed by atoms with E-state index in [2.05, 4.69) is 25.2 Å². The van der Waals surface area contributed by atoms with Gasteiger partial charge in [-0.2, -0.15) is 0 Å². The van der Waals surface area contributed by atoms with E-state index in [1.54, 1.807) is 12.5 Å². The maximum atomic E-state index is 11.0. The largest absolute Gasteiger partial charge is 0.369 e. The quantitative estimate of drug-likeness (QED) is 0.830. The highest BCUT2D eigenvalue weighted by Gasteiger charge is 2.20. The van der Waals surface area contributed by atoms with E-state index < -0.39 is 0 Å². The van der Waals surface area contributed by atoms with Gasteiger partial charge in [-0.05, 0) is 38.3 Å². The average Bonchev–Trinajstić information content (AvgIpc) is 3.02. The van der Waals surface area contributed by atoms with Crippen molar-refractivity contribution in [2.75, 3.05) is 25.0 Å². The molecule has 1 fully saturated rings. The smallest absolute Gasteiger partial charge is 0.231 e. The van der Waals surface area contributed by atoms with Crippen molar-refractivity contribution in [3.05, 3.63) is 29.7 Å². The highest BCUT2D eigenvalue weighted by atomic mass is 32.1. The number of amides is 1. The molecule has 8 heteroatoms. The predicted molar refractivity (Wildman–Crippen MR) is 89.5 cm³/mol. The lowest BCUT2D eigenvalue weighted by molar-refractivity contribution is -0.119. The first-order chi connectivity index (χ1) is 11.2. The van der Waals surface area contributed by atoms with Crippen molar-refractivity contribution in [1.29, 1.82) is 0 Å². The van der Waals surface area contributed by atoms with Gasteiger partial charge in [0.25, 0.3) is 0 Å². The summed E-state index contributed by atoms with van der Waals surface area (Å²) in [5, 5.41) is 5.94. The van der Waals surface area contributed by atoms with E-state index in [1.807, 2.05) is 11.4 Å². The molecule has 0 unspecified atom stereocenters. The molecule has 0 bridgehead atoms. The topological polar surface area (TPSA) is 97.0 Å². The molecule has 0 atom stereocenters. The summed E-state index contributed by atoms with van der Waals surface area (Å²) in [6.07, 6.45) is 6.40. The monoisotopic (exact) mass is 332 g/mol. The summed E-state index contributed by atoms with van der Waals surface area (Å²) in [4.78, 5) is 25.9. The fourth-order valence-corrected chi connectivity index (χ4v) is 3.37. The minimum absolute atomic E-state index is 0.253. The van der Waals surface area contributed by atoms with Gasteiger partial charge in [0, 0.05) is 23.3 Å². The van der Waals surface area contributed by atoms with Gasteiger partial charge in [-0.1, -0.05) is 0 Å². The zero-order valence-corrected chi connectivity index (χ0v) is 13.6. The third-order valence-electron chi connectivity index (χ3n) is 3.98. The molecule has 1 aliphatic heterocycles. The molecule has 0 spiro atoms. The van der Waals surface area contributed by atoms with Gasteiger partial charge in [-0.3, -0.25) is 9.69 Å². The van der Waals surface area contributed by atoms with Gasteiger partial charge in [-0.25, -0.2) is 15.0 Å². The Morgan fingerprint density at radius 1 is 1.35 bits per heavy atom. The van der Waals surface area contributed by atoms with Crippen LogP contribution in [0.2, 0.25) is 0 Å². The number of hydrogen-bond acceptors (Lipinski definition) is 7. The second-order valence-corrected chi connectivity index (χ2v) is 6.64. The summed E-state index contributed by atoms with van der Waals surface area (Å²) >= 11 is 1.54. The van der Waals surface area contributed by atoms with Crippen molar-refractivity contribution in [2.24, 2.45) is 11.7 Å². The molecule has 1 saturated heterocycles. The Kier molecular flexibility index (Phi) is 5.14. The summed E-state index contributed by atoms with van der Waals surface area (Å²) in [5.74, 6) is 1.11. The van der Waals surface area contributed by atoms with Crippen LogP contribution in [0.25, 0.3) is 0 Å². The number of primary amides is 1. The van der Waals surface area contributed by atoms with Gasteiger partial charge in [0.15, 0.2) is 5.13 Å². The Bertz CT molecular complexity index is 639. The zero-order valence-electron chi connectivity index (χ0n) is 12.8. The standard InChI is InChI=1S/C15H20N6OS/c16-13(22)9-21-4-1-11(2-5-21)7-12-8-14(19-10-18-12)20-15-17-3-6-23-15/h3,6,8,10-11H,1-2,4-5,7,9H2,(H2,16,22)(H,17,18,19,20). The summed E-state index contributed by atoms with van der Waals surface area (Å²) in [5.41, 5.74) is 6.28. The second kappa shape index (κ2) is 7.47. The maximum Gasteiger partial charge on any atom is 0.231 e. The van der Waals surface area contributed by atoms with E-state index in [0.29, 0.717) is 12.5 Å². The van der Waals surface area contributed by atoms with E-state index in [1.165, 1.54) is 11.3 Å². The van der Waals surface area contributed by atoms with E-state index in [-0.39, 0.29) is 5.91 Å². The first-order valence-corrected chi connectivity index (χ1v) is 8.55.